The number of benzene rings is 2. The SMILES string of the molecule is CC(C)(C)OC(=O)N1CC2N(C(=O)C3CCC(C(=O)O)CC3)CCC2(S(=O)(=O)c2ccc(F)cc2)c2ccc(C(F)(C(F)(F)F)C(F)(F)F)cc21. The summed E-state index contributed by atoms with van der Waals surface area (Å²) in [6.45, 7) is 3.10. The summed E-state index contributed by atoms with van der Waals surface area (Å²) in [5.41, 5.74) is -10.5. The van der Waals surface area contributed by atoms with E-state index < -0.39 is 115 Å². The maximum Gasteiger partial charge on any atom is 0.435 e. The zero-order chi connectivity index (χ0) is 38.1. The largest absolute Gasteiger partial charge is 0.481 e. The number of carbonyl (C=O) groups excluding carboxylic acids is 2. The van der Waals surface area contributed by atoms with Gasteiger partial charge in [0.05, 0.1) is 29.1 Å². The summed E-state index contributed by atoms with van der Waals surface area (Å²) in [6, 6.07) is 2.77. The lowest BCUT2D eigenvalue weighted by Crippen LogP contribution is -2.60. The number of halogens is 8. The van der Waals surface area contributed by atoms with Crippen LogP contribution in [0.5, 0.6) is 0 Å². The molecule has 1 aliphatic carbocycles. The highest BCUT2D eigenvalue weighted by Gasteiger charge is 2.74. The van der Waals surface area contributed by atoms with Gasteiger partial charge in [0.2, 0.25) is 5.91 Å². The second-order valence-corrected chi connectivity index (χ2v) is 16.2. The molecule has 2 atom stereocenters. The maximum atomic E-state index is 15.4. The zero-order valence-electron chi connectivity index (χ0n) is 27.4. The van der Waals surface area contributed by atoms with Crippen LogP contribution in [-0.4, -0.2) is 73.5 Å². The minimum absolute atomic E-state index is 0.121. The first-order valence-electron chi connectivity index (χ1n) is 15.9. The fourth-order valence-corrected chi connectivity index (χ4v) is 9.66. The van der Waals surface area contributed by atoms with Gasteiger partial charge in [-0.25, -0.2) is 22.0 Å². The quantitative estimate of drug-likeness (QED) is 0.257. The number of alkyl halides is 7. The Labute approximate surface area is 287 Å². The Morgan fingerprint density at radius 1 is 0.863 bits per heavy atom. The number of sulfone groups is 1. The van der Waals surface area contributed by atoms with Crippen LogP contribution in [0.3, 0.4) is 0 Å². The van der Waals surface area contributed by atoms with E-state index in [4.69, 9.17) is 4.74 Å². The fraction of sp³-hybridized carbons (Fsp3) is 0.545. The van der Waals surface area contributed by atoms with E-state index in [1.165, 1.54) is 25.7 Å². The molecule has 1 N–H and O–H groups in total. The molecule has 2 unspecified atom stereocenters. The minimum Gasteiger partial charge on any atom is -0.481 e. The van der Waals surface area contributed by atoms with Crippen LogP contribution in [0.2, 0.25) is 0 Å². The van der Waals surface area contributed by atoms with Crippen LogP contribution in [0.25, 0.3) is 0 Å². The van der Waals surface area contributed by atoms with Gasteiger partial charge in [0.25, 0.3) is 0 Å². The van der Waals surface area contributed by atoms with Gasteiger partial charge in [-0.3, -0.25) is 14.5 Å². The smallest absolute Gasteiger partial charge is 0.435 e. The standard InChI is InChI=1S/C33H34F8N2O7S/c1-29(2,3)50-28(47)43-17-25-30(51(48,49)22-11-9-21(34)10-12-22,14-15-42(25)26(44)18-4-6-19(7-5-18)27(45)46)23-13-8-20(16-24(23)43)31(35,32(36,37)38)33(39,40)41/h8-13,16,18-19,25H,4-7,14-15,17H2,1-3H3,(H,45,46). The summed E-state index contributed by atoms with van der Waals surface area (Å²) in [5.74, 6) is -3.95. The number of carbonyl (C=O) groups is 3. The average Bonchev–Trinajstić information content (AvgIpc) is 3.43. The van der Waals surface area contributed by atoms with Crippen LogP contribution in [-0.2, 0) is 34.6 Å². The molecular weight excluding hydrogens is 720 g/mol. The van der Waals surface area contributed by atoms with E-state index in [-0.39, 0.29) is 44.4 Å². The number of carboxylic acids is 1. The lowest BCUT2D eigenvalue weighted by molar-refractivity contribution is -0.348. The van der Waals surface area contributed by atoms with Crippen molar-refractivity contribution in [1.29, 1.82) is 0 Å². The summed E-state index contributed by atoms with van der Waals surface area (Å²) >= 11 is 0. The number of nitrogens with zero attached hydrogens (tertiary/aromatic N) is 2. The molecule has 18 heteroatoms. The molecule has 51 heavy (non-hydrogen) atoms. The maximum absolute atomic E-state index is 15.4. The Balaban J connectivity index is 1.76. The number of hydrogen-bond acceptors (Lipinski definition) is 6. The third-order valence-electron chi connectivity index (χ3n) is 9.84. The van der Waals surface area contributed by atoms with E-state index in [9.17, 15) is 58.6 Å². The van der Waals surface area contributed by atoms with Crippen LogP contribution in [0.4, 0.5) is 45.6 Å². The molecule has 0 bridgehead atoms. The molecule has 0 aromatic heterocycles. The zero-order valence-corrected chi connectivity index (χ0v) is 28.3. The van der Waals surface area contributed by atoms with Gasteiger partial charge in [-0.2, -0.15) is 26.3 Å². The highest BCUT2D eigenvalue weighted by Crippen LogP contribution is 2.58. The minimum atomic E-state index is -6.54. The van der Waals surface area contributed by atoms with Crippen LogP contribution >= 0.6 is 0 Å². The Kier molecular flexibility index (Phi) is 9.47. The Hall–Kier alpha value is -3.96. The first-order chi connectivity index (χ1) is 23.4. The number of fused-ring (bicyclic) bond motifs is 3. The Morgan fingerprint density at radius 2 is 1.41 bits per heavy atom. The molecule has 1 saturated carbocycles. The van der Waals surface area contributed by atoms with E-state index in [1.54, 1.807) is 0 Å². The van der Waals surface area contributed by atoms with Gasteiger partial charge in [-0.05, 0) is 88.8 Å². The molecule has 3 aliphatic rings. The number of amides is 2. The number of likely N-dealkylation sites (tertiary alicyclic amines) is 1. The molecule has 2 amide bonds. The highest BCUT2D eigenvalue weighted by molar-refractivity contribution is 7.92. The molecule has 2 aliphatic heterocycles. The van der Waals surface area contributed by atoms with Gasteiger partial charge in [0.15, 0.2) is 9.84 Å². The molecule has 2 heterocycles. The van der Waals surface area contributed by atoms with E-state index in [0.29, 0.717) is 11.0 Å². The number of aliphatic carboxylic acids is 1. The third-order valence-corrected chi connectivity index (χ3v) is 12.4. The third kappa shape index (κ3) is 6.30. The van der Waals surface area contributed by atoms with Crippen molar-refractivity contribution in [3.63, 3.8) is 0 Å². The molecule has 2 fully saturated rings. The number of rotatable bonds is 5. The van der Waals surface area contributed by atoms with E-state index in [2.05, 4.69) is 0 Å². The summed E-state index contributed by atoms with van der Waals surface area (Å²) in [5, 5.41) is 9.41. The van der Waals surface area contributed by atoms with Crippen molar-refractivity contribution >= 4 is 33.5 Å². The van der Waals surface area contributed by atoms with Crippen molar-refractivity contribution in [3.8, 4) is 0 Å². The van der Waals surface area contributed by atoms with Crippen molar-refractivity contribution < 1.29 is 67.8 Å². The van der Waals surface area contributed by atoms with Gasteiger partial charge in [-0.15, -0.1) is 0 Å². The molecular formula is C33H34F8N2O7S. The van der Waals surface area contributed by atoms with E-state index in [0.717, 1.165) is 24.3 Å². The molecule has 0 spiro atoms. The molecule has 280 valence electrons. The number of hydrogen-bond donors (Lipinski definition) is 1. The van der Waals surface area contributed by atoms with Crippen molar-refractivity contribution in [3.05, 3.63) is 59.4 Å². The van der Waals surface area contributed by atoms with E-state index >= 15 is 4.39 Å². The van der Waals surface area contributed by atoms with Crippen LogP contribution in [0.1, 0.15) is 64.0 Å². The van der Waals surface area contributed by atoms with Crippen molar-refractivity contribution in [1.82, 2.24) is 4.90 Å². The summed E-state index contributed by atoms with van der Waals surface area (Å²) in [7, 11) is -4.85. The first-order valence-corrected chi connectivity index (χ1v) is 17.4. The molecule has 1 saturated heterocycles. The lowest BCUT2D eigenvalue weighted by atomic mass is 9.80. The number of anilines is 1. The molecule has 9 nitrogen and oxygen atoms in total. The van der Waals surface area contributed by atoms with Crippen LogP contribution < -0.4 is 4.90 Å². The van der Waals surface area contributed by atoms with Gasteiger partial charge in [0, 0.05) is 18.0 Å². The monoisotopic (exact) mass is 754 g/mol. The molecule has 2 aromatic carbocycles. The van der Waals surface area contributed by atoms with Gasteiger partial charge >= 0.3 is 30.1 Å². The summed E-state index contributed by atoms with van der Waals surface area (Å²) in [6.07, 6.45) is -14.4. The van der Waals surface area contributed by atoms with Crippen molar-refractivity contribution in [2.24, 2.45) is 11.8 Å². The normalized spacial score (nSPS) is 24.5. The average molecular weight is 755 g/mol. The van der Waals surface area contributed by atoms with Gasteiger partial charge < -0.3 is 14.7 Å². The van der Waals surface area contributed by atoms with E-state index in [1.807, 2.05) is 0 Å². The van der Waals surface area contributed by atoms with Gasteiger partial charge in [-0.1, -0.05) is 12.1 Å². The fourth-order valence-electron chi connectivity index (χ4n) is 7.37. The second-order valence-electron chi connectivity index (χ2n) is 14.0. The van der Waals surface area contributed by atoms with Crippen molar-refractivity contribution in [2.45, 2.75) is 92.2 Å². The number of carboxylic acid groups (broad SMARTS) is 1. The van der Waals surface area contributed by atoms with Gasteiger partial charge in [0.1, 0.15) is 16.2 Å². The molecule has 2 aromatic rings. The predicted octanol–water partition coefficient (Wildman–Crippen LogP) is 7.03. The highest BCUT2D eigenvalue weighted by atomic mass is 32.2. The second kappa shape index (κ2) is 12.6. The topological polar surface area (TPSA) is 121 Å². The molecule has 5 rings (SSSR count). The number of ether oxygens (including phenoxy) is 1. The van der Waals surface area contributed by atoms with Crippen LogP contribution in [0.15, 0.2) is 47.4 Å². The summed E-state index contributed by atoms with van der Waals surface area (Å²) < 4.78 is 145. The predicted molar refractivity (Wildman–Crippen MR) is 163 cm³/mol. The van der Waals surface area contributed by atoms with Crippen LogP contribution in [0, 0.1) is 17.7 Å². The summed E-state index contributed by atoms with van der Waals surface area (Å²) in [4.78, 5) is 40.6. The Morgan fingerprint density at radius 3 is 1.92 bits per heavy atom. The molecule has 0 radical (unpaired) electrons. The van der Waals surface area contributed by atoms with Crippen molar-refractivity contribution in [2.75, 3.05) is 18.0 Å². The first kappa shape index (κ1) is 38.3. The lowest BCUT2D eigenvalue weighted by Gasteiger charge is -2.47. The Bertz CT molecular complexity index is 1800.